The fourth-order valence-corrected chi connectivity index (χ4v) is 4.97. The Morgan fingerprint density at radius 2 is 1.92 bits per heavy atom. The van der Waals surface area contributed by atoms with Crippen LogP contribution in [0.4, 0.5) is 0 Å². The van der Waals surface area contributed by atoms with Crippen molar-refractivity contribution in [2.75, 3.05) is 0 Å². The van der Waals surface area contributed by atoms with Gasteiger partial charge in [0.2, 0.25) is 0 Å². The SMILES string of the molecule is CC12C=CC=CC1(c1cccc(C(=O)C3CCCc4ccccc43)n1)C2. The zero-order valence-corrected chi connectivity index (χ0v) is 15.1. The summed E-state index contributed by atoms with van der Waals surface area (Å²) in [5, 5.41) is 0. The third-order valence-corrected chi connectivity index (χ3v) is 6.64. The molecule has 0 N–H and O–H groups in total. The smallest absolute Gasteiger partial charge is 0.188 e. The van der Waals surface area contributed by atoms with Crippen molar-refractivity contribution in [1.82, 2.24) is 4.98 Å². The molecule has 130 valence electrons. The molecule has 0 amide bonds. The Labute approximate surface area is 154 Å². The molecule has 2 aromatic rings. The minimum absolute atomic E-state index is 0.0253. The molecule has 2 nitrogen and oxygen atoms in total. The predicted octanol–water partition coefficient (Wildman–Crippen LogP) is 5.16. The van der Waals surface area contributed by atoms with E-state index in [1.165, 1.54) is 11.1 Å². The zero-order chi connectivity index (χ0) is 17.8. The van der Waals surface area contributed by atoms with Crippen molar-refractivity contribution >= 4 is 5.78 Å². The molecule has 0 aliphatic heterocycles. The lowest BCUT2D eigenvalue weighted by atomic mass is 9.79. The fourth-order valence-electron chi connectivity index (χ4n) is 4.97. The van der Waals surface area contributed by atoms with Crippen molar-refractivity contribution in [2.45, 2.75) is 43.9 Å². The molecule has 0 radical (unpaired) electrons. The number of Topliss-reactive ketones (excluding diaryl/α,β-unsaturated/α-hetero) is 1. The van der Waals surface area contributed by atoms with E-state index in [2.05, 4.69) is 55.5 Å². The number of nitrogens with zero attached hydrogens (tertiary/aromatic N) is 1. The van der Waals surface area contributed by atoms with Gasteiger partial charge in [-0.15, -0.1) is 0 Å². The van der Waals surface area contributed by atoms with E-state index in [0.717, 1.165) is 31.4 Å². The highest BCUT2D eigenvalue weighted by Crippen LogP contribution is 2.67. The summed E-state index contributed by atoms with van der Waals surface area (Å²) in [4.78, 5) is 18.2. The van der Waals surface area contributed by atoms with E-state index >= 15 is 0 Å². The second-order valence-corrected chi connectivity index (χ2v) is 8.20. The first kappa shape index (κ1) is 15.7. The first-order valence-corrected chi connectivity index (χ1v) is 9.60. The van der Waals surface area contributed by atoms with Gasteiger partial charge in [-0.25, -0.2) is 4.98 Å². The van der Waals surface area contributed by atoms with Crippen LogP contribution in [0, 0.1) is 5.41 Å². The fraction of sp³-hybridized carbons (Fsp3) is 0.333. The molecule has 1 heterocycles. The Morgan fingerprint density at radius 1 is 1.08 bits per heavy atom. The highest BCUT2D eigenvalue weighted by molar-refractivity contribution is 5.99. The maximum atomic E-state index is 13.3. The molecule has 2 heteroatoms. The Morgan fingerprint density at radius 3 is 2.81 bits per heavy atom. The molecule has 0 saturated heterocycles. The van der Waals surface area contributed by atoms with E-state index in [1.54, 1.807) is 0 Å². The van der Waals surface area contributed by atoms with E-state index in [9.17, 15) is 4.79 Å². The standard InChI is InChI=1S/C24H23NO/c1-23-14-4-5-15-24(23,16-23)21-13-7-12-20(25-21)22(26)19-11-6-9-17-8-2-3-10-18(17)19/h2-5,7-8,10,12-15,19H,6,9,11,16H2,1H3. The van der Waals surface area contributed by atoms with Crippen molar-refractivity contribution in [3.05, 3.63) is 89.3 Å². The van der Waals surface area contributed by atoms with Crippen molar-refractivity contribution in [3.8, 4) is 0 Å². The number of allylic oxidation sites excluding steroid dienone is 4. The van der Waals surface area contributed by atoms with E-state index in [1.807, 2.05) is 18.2 Å². The lowest BCUT2D eigenvalue weighted by Gasteiger charge is -2.25. The van der Waals surface area contributed by atoms with Gasteiger partial charge in [0, 0.05) is 16.7 Å². The van der Waals surface area contributed by atoms with Gasteiger partial charge in [-0.05, 0) is 48.9 Å². The lowest BCUT2D eigenvalue weighted by Crippen LogP contribution is -2.22. The molecule has 1 aromatic carbocycles. The summed E-state index contributed by atoms with van der Waals surface area (Å²) in [6.07, 6.45) is 12.9. The predicted molar refractivity (Wildman–Crippen MR) is 103 cm³/mol. The molecule has 3 aliphatic rings. The number of hydrogen-bond donors (Lipinski definition) is 0. The van der Waals surface area contributed by atoms with Crippen LogP contribution < -0.4 is 0 Å². The van der Waals surface area contributed by atoms with Crippen molar-refractivity contribution in [2.24, 2.45) is 5.41 Å². The van der Waals surface area contributed by atoms with E-state index < -0.39 is 0 Å². The van der Waals surface area contributed by atoms with E-state index in [0.29, 0.717) is 5.69 Å². The largest absolute Gasteiger partial charge is 0.292 e. The summed E-state index contributed by atoms with van der Waals surface area (Å²) in [5.74, 6) is 0.126. The Balaban J connectivity index is 1.50. The highest BCUT2D eigenvalue weighted by atomic mass is 16.1. The van der Waals surface area contributed by atoms with Crippen LogP contribution >= 0.6 is 0 Å². The second kappa shape index (κ2) is 5.51. The molecule has 0 spiro atoms. The quantitative estimate of drug-likeness (QED) is 0.722. The number of aromatic nitrogens is 1. The number of ketones is 1. The number of rotatable bonds is 3. The first-order valence-electron chi connectivity index (χ1n) is 9.60. The van der Waals surface area contributed by atoms with Crippen LogP contribution in [0.15, 0.2) is 66.8 Å². The van der Waals surface area contributed by atoms with Crippen LogP contribution in [0.25, 0.3) is 0 Å². The van der Waals surface area contributed by atoms with Gasteiger partial charge in [0.1, 0.15) is 5.69 Å². The normalized spacial score (nSPS) is 31.2. The minimum atomic E-state index is -0.0485. The molecule has 3 aliphatic carbocycles. The molecular weight excluding hydrogens is 318 g/mol. The molecular formula is C24H23NO. The summed E-state index contributed by atoms with van der Waals surface area (Å²) in [7, 11) is 0. The number of fused-ring (bicyclic) bond motifs is 2. The van der Waals surface area contributed by atoms with Crippen LogP contribution in [0.2, 0.25) is 0 Å². The lowest BCUT2D eigenvalue weighted by molar-refractivity contribution is 0.0945. The molecule has 5 rings (SSSR count). The van der Waals surface area contributed by atoms with Gasteiger partial charge in [-0.1, -0.05) is 61.6 Å². The average Bonchev–Trinajstić information content (AvgIpc) is 3.34. The summed E-state index contributed by atoms with van der Waals surface area (Å²) in [6, 6.07) is 14.4. The van der Waals surface area contributed by atoms with Gasteiger partial charge in [-0.3, -0.25) is 4.79 Å². The summed E-state index contributed by atoms with van der Waals surface area (Å²) in [5.41, 5.74) is 4.30. The third-order valence-electron chi connectivity index (χ3n) is 6.64. The molecule has 1 saturated carbocycles. The Bertz CT molecular complexity index is 956. The minimum Gasteiger partial charge on any atom is -0.292 e. The topological polar surface area (TPSA) is 30.0 Å². The third kappa shape index (κ3) is 2.18. The van der Waals surface area contributed by atoms with Gasteiger partial charge >= 0.3 is 0 Å². The van der Waals surface area contributed by atoms with Gasteiger partial charge in [0.05, 0.1) is 5.69 Å². The second-order valence-electron chi connectivity index (χ2n) is 8.20. The molecule has 3 atom stereocenters. The number of carbonyl (C=O) groups excluding carboxylic acids is 1. The number of carbonyl (C=O) groups is 1. The monoisotopic (exact) mass is 341 g/mol. The number of benzene rings is 1. The number of aryl methyl sites for hydroxylation is 1. The maximum absolute atomic E-state index is 13.3. The molecule has 3 unspecified atom stereocenters. The molecule has 1 fully saturated rings. The maximum Gasteiger partial charge on any atom is 0.188 e. The molecule has 0 bridgehead atoms. The van der Waals surface area contributed by atoms with Gasteiger partial charge in [0.15, 0.2) is 5.78 Å². The Kier molecular flexibility index (Phi) is 3.34. The zero-order valence-electron chi connectivity index (χ0n) is 15.1. The van der Waals surface area contributed by atoms with Gasteiger partial charge < -0.3 is 0 Å². The van der Waals surface area contributed by atoms with Crippen molar-refractivity contribution in [3.63, 3.8) is 0 Å². The Hall–Kier alpha value is -2.48. The van der Waals surface area contributed by atoms with Crippen LogP contribution in [-0.4, -0.2) is 10.8 Å². The van der Waals surface area contributed by atoms with Gasteiger partial charge in [-0.2, -0.15) is 0 Å². The average molecular weight is 341 g/mol. The summed E-state index contributed by atoms with van der Waals surface area (Å²) < 4.78 is 0. The van der Waals surface area contributed by atoms with Crippen LogP contribution in [-0.2, 0) is 11.8 Å². The van der Waals surface area contributed by atoms with Crippen LogP contribution in [0.3, 0.4) is 0 Å². The summed E-state index contributed by atoms with van der Waals surface area (Å²) >= 11 is 0. The first-order chi connectivity index (χ1) is 12.6. The molecule has 1 aromatic heterocycles. The van der Waals surface area contributed by atoms with E-state index in [-0.39, 0.29) is 22.5 Å². The van der Waals surface area contributed by atoms with Crippen molar-refractivity contribution in [1.29, 1.82) is 0 Å². The van der Waals surface area contributed by atoms with Crippen molar-refractivity contribution < 1.29 is 4.79 Å². The summed E-state index contributed by atoms with van der Waals surface area (Å²) in [6.45, 7) is 2.28. The van der Waals surface area contributed by atoms with Crippen LogP contribution in [0.5, 0.6) is 0 Å². The van der Waals surface area contributed by atoms with E-state index in [4.69, 9.17) is 4.98 Å². The number of pyridine rings is 1. The highest BCUT2D eigenvalue weighted by Gasteiger charge is 2.63. The van der Waals surface area contributed by atoms with Crippen LogP contribution in [0.1, 0.15) is 59.4 Å². The molecule has 26 heavy (non-hydrogen) atoms. The number of hydrogen-bond acceptors (Lipinski definition) is 2. The van der Waals surface area contributed by atoms with Gasteiger partial charge in [0.25, 0.3) is 0 Å².